The third-order valence-electron chi connectivity index (χ3n) is 10.0. The topological polar surface area (TPSA) is 29.5 Å². The SMILES string of the molecule is CC1(C)c2ccccc2-c2ccc(N(c3ccc4oc5ccccc5c4c3)c3ccc4oc5cc6ccccc6cc5c4c3)cc21. The van der Waals surface area contributed by atoms with Crippen molar-refractivity contribution in [2.75, 3.05) is 4.90 Å². The number of hydrogen-bond donors (Lipinski definition) is 0. The van der Waals surface area contributed by atoms with E-state index in [1.54, 1.807) is 0 Å². The summed E-state index contributed by atoms with van der Waals surface area (Å²) in [6, 6.07) is 50.0. The average molecular weight is 592 g/mol. The van der Waals surface area contributed by atoms with E-state index in [2.05, 4.69) is 146 Å². The quantitative estimate of drug-likeness (QED) is 0.205. The fourth-order valence-corrected chi connectivity index (χ4v) is 7.72. The van der Waals surface area contributed by atoms with Crippen LogP contribution in [0.3, 0.4) is 0 Å². The van der Waals surface area contributed by atoms with Gasteiger partial charge in [0, 0.05) is 44.0 Å². The van der Waals surface area contributed by atoms with Gasteiger partial charge in [-0.3, -0.25) is 0 Å². The molecule has 1 aliphatic carbocycles. The Morgan fingerprint density at radius 1 is 0.413 bits per heavy atom. The Morgan fingerprint density at radius 3 is 1.76 bits per heavy atom. The first-order valence-electron chi connectivity index (χ1n) is 15.8. The molecule has 0 saturated carbocycles. The summed E-state index contributed by atoms with van der Waals surface area (Å²) in [6.45, 7) is 4.67. The fourth-order valence-electron chi connectivity index (χ4n) is 7.72. The Kier molecular flexibility index (Phi) is 5.06. The highest BCUT2D eigenvalue weighted by atomic mass is 16.3. The smallest absolute Gasteiger partial charge is 0.136 e. The summed E-state index contributed by atoms with van der Waals surface area (Å²) < 4.78 is 12.6. The largest absolute Gasteiger partial charge is 0.456 e. The standard InChI is InChI=1S/C43H29NO2/c1-43(2)37-13-7-5-11-31(37)32-18-15-30(25-38(32)43)44(28-16-19-40-35(23-28)33-12-6-8-14-39(33)45-40)29-17-20-41-36(24-29)34-21-26-9-3-4-10-27(26)22-42(34)46-41/h3-25H,1-2H3. The van der Waals surface area contributed by atoms with Crippen molar-refractivity contribution in [3.8, 4) is 11.1 Å². The second-order valence-corrected chi connectivity index (χ2v) is 13.0. The van der Waals surface area contributed by atoms with Crippen molar-refractivity contribution in [3.05, 3.63) is 151 Å². The predicted molar refractivity (Wildman–Crippen MR) is 191 cm³/mol. The van der Waals surface area contributed by atoms with E-state index >= 15 is 0 Å². The third-order valence-corrected chi connectivity index (χ3v) is 10.0. The summed E-state index contributed by atoms with van der Waals surface area (Å²) in [5.41, 5.74) is 12.1. The summed E-state index contributed by atoms with van der Waals surface area (Å²) in [4.78, 5) is 2.37. The number of fused-ring (bicyclic) bond motifs is 10. The van der Waals surface area contributed by atoms with Crippen LogP contribution in [-0.4, -0.2) is 0 Å². The summed E-state index contributed by atoms with van der Waals surface area (Å²) in [7, 11) is 0. The zero-order chi connectivity index (χ0) is 30.6. The number of furan rings is 2. The molecular weight excluding hydrogens is 562 g/mol. The van der Waals surface area contributed by atoms with Crippen LogP contribution in [0.25, 0.3) is 65.8 Å². The molecule has 10 rings (SSSR count). The Hall–Kier alpha value is -5.80. The van der Waals surface area contributed by atoms with Gasteiger partial charge in [-0.15, -0.1) is 0 Å². The lowest BCUT2D eigenvalue weighted by molar-refractivity contribution is 0.660. The van der Waals surface area contributed by atoms with Crippen molar-refractivity contribution >= 4 is 71.7 Å². The predicted octanol–water partition coefficient (Wildman–Crippen LogP) is 12.4. The van der Waals surface area contributed by atoms with Crippen molar-refractivity contribution in [2.45, 2.75) is 19.3 Å². The van der Waals surface area contributed by atoms with Crippen molar-refractivity contribution in [3.63, 3.8) is 0 Å². The van der Waals surface area contributed by atoms with Crippen LogP contribution in [-0.2, 0) is 5.41 Å². The van der Waals surface area contributed by atoms with E-state index in [4.69, 9.17) is 8.83 Å². The summed E-state index contributed by atoms with van der Waals surface area (Å²) >= 11 is 0. The Bertz CT molecular complexity index is 2690. The molecule has 0 aliphatic heterocycles. The summed E-state index contributed by atoms with van der Waals surface area (Å²) in [5.74, 6) is 0. The molecule has 3 heteroatoms. The maximum Gasteiger partial charge on any atom is 0.136 e. The number of benzene rings is 7. The summed E-state index contributed by atoms with van der Waals surface area (Å²) in [5, 5.41) is 6.83. The lowest BCUT2D eigenvalue weighted by atomic mass is 9.82. The lowest BCUT2D eigenvalue weighted by Gasteiger charge is -2.28. The van der Waals surface area contributed by atoms with E-state index in [1.807, 2.05) is 12.1 Å². The highest BCUT2D eigenvalue weighted by molar-refractivity contribution is 6.11. The lowest BCUT2D eigenvalue weighted by Crippen LogP contribution is -2.16. The van der Waals surface area contributed by atoms with Gasteiger partial charge in [0.25, 0.3) is 0 Å². The molecule has 0 bridgehead atoms. The molecule has 0 N–H and O–H groups in total. The molecule has 2 aromatic heterocycles. The minimum Gasteiger partial charge on any atom is -0.456 e. The molecule has 0 unspecified atom stereocenters. The maximum absolute atomic E-state index is 6.39. The third kappa shape index (κ3) is 3.54. The molecule has 218 valence electrons. The van der Waals surface area contributed by atoms with Gasteiger partial charge in [0.1, 0.15) is 22.3 Å². The normalized spacial score (nSPS) is 13.6. The summed E-state index contributed by atoms with van der Waals surface area (Å²) in [6.07, 6.45) is 0. The molecule has 0 fully saturated rings. The molecule has 9 aromatic rings. The Labute approximate surface area is 265 Å². The van der Waals surface area contributed by atoms with Crippen LogP contribution in [0, 0.1) is 0 Å². The first kappa shape index (κ1) is 25.5. The van der Waals surface area contributed by atoms with E-state index in [9.17, 15) is 0 Å². The zero-order valence-corrected chi connectivity index (χ0v) is 25.5. The van der Waals surface area contributed by atoms with Gasteiger partial charge in [0.05, 0.1) is 0 Å². The monoisotopic (exact) mass is 591 g/mol. The van der Waals surface area contributed by atoms with E-state index < -0.39 is 0 Å². The van der Waals surface area contributed by atoms with Gasteiger partial charge in [-0.25, -0.2) is 0 Å². The van der Waals surface area contributed by atoms with Gasteiger partial charge >= 0.3 is 0 Å². The van der Waals surface area contributed by atoms with Crippen molar-refractivity contribution in [2.24, 2.45) is 0 Å². The van der Waals surface area contributed by atoms with Crippen LogP contribution in [0.4, 0.5) is 17.1 Å². The molecule has 46 heavy (non-hydrogen) atoms. The Morgan fingerprint density at radius 2 is 0.957 bits per heavy atom. The molecule has 0 atom stereocenters. The van der Waals surface area contributed by atoms with E-state index in [-0.39, 0.29) is 5.41 Å². The Balaban J connectivity index is 1.22. The molecule has 0 spiro atoms. The van der Waals surface area contributed by atoms with Gasteiger partial charge in [-0.1, -0.05) is 86.6 Å². The van der Waals surface area contributed by atoms with Crippen molar-refractivity contribution in [1.82, 2.24) is 0 Å². The first-order chi connectivity index (χ1) is 22.5. The number of rotatable bonds is 3. The average Bonchev–Trinajstić information content (AvgIpc) is 3.71. The molecule has 1 aliphatic rings. The molecule has 0 amide bonds. The molecular formula is C43H29NO2. The van der Waals surface area contributed by atoms with Crippen LogP contribution in [0.1, 0.15) is 25.0 Å². The maximum atomic E-state index is 6.39. The molecule has 3 nitrogen and oxygen atoms in total. The van der Waals surface area contributed by atoms with Gasteiger partial charge in [-0.05, 0) is 99.8 Å². The number of anilines is 3. The van der Waals surface area contributed by atoms with Crippen LogP contribution < -0.4 is 4.90 Å². The number of para-hydroxylation sites is 1. The van der Waals surface area contributed by atoms with Gasteiger partial charge in [0.15, 0.2) is 0 Å². The van der Waals surface area contributed by atoms with Gasteiger partial charge in [-0.2, -0.15) is 0 Å². The second-order valence-electron chi connectivity index (χ2n) is 13.0. The van der Waals surface area contributed by atoms with Gasteiger partial charge < -0.3 is 13.7 Å². The van der Waals surface area contributed by atoms with E-state index in [0.29, 0.717) is 0 Å². The molecule has 7 aromatic carbocycles. The van der Waals surface area contributed by atoms with Gasteiger partial charge in [0.2, 0.25) is 0 Å². The highest BCUT2D eigenvalue weighted by Gasteiger charge is 2.35. The number of hydrogen-bond acceptors (Lipinski definition) is 3. The highest BCUT2D eigenvalue weighted by Crippen LogP contribution is 2.51. The molecule has 0 radical (unpaired) electrons. The molecule has 0 saturated heterocycles. The van der Waals surface area contributed by atoms with Crippen LogP contribution in [0.2, 0.25) is 0 Å². The van der Waals surface area contributed by atoms with Crippen LogP contribution >= 0.6 is 0 Å². The van der Waals surface area contributed by atoms with E-state index in [0.717, 1.165) is 60.9 Å². The minimum atomic E-state index is -0.107. The van der Waals surface area contributed by atoms with Crippen LogP contribution in [0.15, 0.2) is 148 Å². The number of nitrogens with zero attached hydrogens (tertiary/aromatic N) is 1. The minimum absolute atomic E-state index is 0.107. The van der Waals surface area contributed by atoms with Crippen LogP contribution in [0.5, 0.6) is 0 Å². The first-order valence-corrected chi connectivity index (χ1v) is 15.8. The fraction of sp³-hybridized carbons (Fsp3) is 0.0698. The second kappa shape index (κ2) is 9.12. The van der Waals surface area contributed by atoms with E-state index in [1.165, 1.54) is 33.0 Å². The van der Waals surface area contributed by atoms with Crippen molar-refractivity contribution < 1.29 is 8.83 Å². The van der Waals surface area contributed by atoms with Crippen molar-refractivity contribution in [1.29, 1.82) is 0 Å². The molecule has 2 heterocycles. The zero-order valence-electron chi connectivity index (χ0n) is 25.5.